The number of fused-ring (bicyclic) bond motifs is 1. The molecule has 0 amide bonds. The standard InChI is InChI=1S/C21H24N2O5/c1-25-21(24)16-7-4-8-17-19(16)27-13-11-23(17)20-15(6-5-10-22-20)14-28-18-9-2-3-12-26-18/h4-8,10,18H,2-3,9,11-14H2,1H3. The first-order valence-corrected chi connectivity index (χ1v) is 9.56. The van der Waals surface area contributed by atoms with Gasteiger partial charge in [0.25, 0.3) is 0 Å². The van der Waals surface area contributed by atoms with Gasteiger partial charge in [-0.25, -0.2) is 9.78 Å². The van der Waals surface area contributed by atoms with Crippen molar-refractivity contribution in [1.29, 1.82) is 0 Å². The molecule has 0 spiro atoms. The molecule has 1 atom stereocenters. The van der Waals surface area contributed by atoms with E-state index in [2.05, 4.69) is 9.88 Å². The lowest BCUT2D eigenvalue weighted by Gasteiger charge is -2.32. The smallest absolute Gasteiger partial charge is 0.341 e. The van der Waals surface area contributed by atoms with Crippen molar-refractivity contribution in [2.24, 2.45) is 0 Å². The minimum atomic E-state index is -0.419. The van der Waals surface area contributed by atoms with E-state index in [0.29, 0.717) is 31.1 Å². The maximum Gasteiger partial charge on any atom is 0.341 e. The second-order valence-electron chi connectivity index (χ2n) is 6.74. The van der Waals surface area contributed by atoms with Gasteiger partial charge in [-0.2, -0.15) is 0 Å². The summed E-state index contributed by atoms with van der Waals surface area (Å²) < 4.78 is 22.3. The summed E-state index contributed by atoms with van der Waals surface area (Å²) in [5.41, 5.74) is 2.17. The first kappa shape index (κ1) is 18.7. The number of nitrogens with zero attached hydrogens (tertiary/aromatic N) is 2. The van der Waals surface area contributed by atoms with Crippen molar-refractivity contribution < 1.29 is 23.7 Å². The number of carbonyl (C=O) groups is 1. The van der Waals surface area contributed by atoms with E-state index < -0.39 is 5.97 Å². The summed E-state index contributed by atoms with van der Waals surface area (Å²) in [7, 11) is 1.36. The molecule has 7 heteroatoms. The van der Waals surface area contributed by atoms with Crippen LogP contribution in [0.1, 0.15) is 35.2 Å². The van der Waals surface area contributed by atoms with Crippen molar-refractivity contribution in [2.75, 3.05) is 31.8 Å². The summed E-state index contributed by atoms with van der Waals surface area (Å²) in [6.45, 7) is 2.24. The quantitative estimate of drug-likeness (QED) is 0.731. The van der Waals surface area contributed by atoms with Crippen LogP contribution in [0.2, 0.25) is 0 Å². The molecule has 3 heterocycles. The molecule has 28 heavy (non-hydrogen) atoms. The van der Waals surface area contributed by atoms with E-state index in [1.165, 1.54) is 7.11 Å². The minimum absolute atomic E-state index is 0.162. The summed E-state index contributed by atoms with van der Waals surface area (Å²) in [5.74, 6) is 0.899. The van der Waals surface area contributed by atoms with E-state index in [1.807, 2.05) is 24.3 Å². The first-order chi connectivity index (χ1) is 13.8. The van der Waals surface area contributed by atoms with Crippen molar-refractivity contribution in [3.8, 4) is 5.75 Å². The molecule has 0 radical (unpaired) electrons. The van der Waals surface area contributed by atoms with Gasteiger partial charge < -0.3 is 23.8 Å². The number of ether oxygens (including phenoxy) is 4. The van der Waals surface area contributed by atoms with Gasteiger partial charge >= 0.3 is 5.97 Å². The van der Waals surface area contributed by atoms with Crippen LogP contribution in [0, 0.1) is 0 Å². The zero-order valence-corrected chi connectivity index (χ0v) is 15.9. The number of anilines is 2. The Morgan fingerprint density at radius 1 is 1.25 bits per heavy atom. The number of benzene rings is 1. The largest absolute Gasteiger partial charge is 0.489 e. The zero-order valence-electron chi connectivity index (χ0n) is 15.9. The summed E-state index contributed by atoms with van der Waals surface area (Å²) >= 11 is 0. The number of carbonyl (C=O) groups excluding carboxylic acids is 1. The minimum Gasteiger partial charge on any atom is -0.489 e. The molecule has 1 aromatic carbocycles. The molecule has 0 saturated carbocycles. The molecule has 0 bridgehead atoms. The SMILES string of the molecule is COC(=O)c1cccc2c1OCCN2c1ncccc1COC1CCCCO1. The first-order valence-electron chi connectivity index (χ1n) is 9.56. The number of hydrogen-bond acceptors (Lipinski definition) is 7. The number of hydrogen-bond donors (Lipinski definition) is 0. The average Bonchev–Trinajstić information content (AvgIpc) is 2.77. The average molecular weight is 384 g/mol. The van der Waals surface area contributed by atoms with Crippen LogP contribution in [0.3, 0.4) is 0 Å². The van der Waals surface area contributed by atoms with Crippen molar-refractivity contribution >= 4 is 17.5 Å². The molecular weight excluding hydrogens is 360 g/mol. The molecule has 148 valence electrons. The molecule has 4 rings (SSSR count). The Kier molecular flexibility index (Phi) is 5.73. The van der Waals surface area contributed by atoms with Crippen LogP contribution in [0.15, 0.2) is 36.5 Å². The highest BCUT2D eigenvalue weighted by Gasteiger charge is 2.27. The molecule has 0 N–H and O–H groups in total. The maximum absolute atomic E-state index is 12.1. The molecule has 1 aromatic heterocycles. The van der Waals surface area contributed by atoms with E-state index in [-0.39, 0.29) is 6.29 Å². The lowest BCUT2D eigenvalue weighted by molar-refractivity contribution is -0.168. The number of esters is 1. The third kappa shape index (κ3) is 3.81. The second kappa shape index (κ2) is 8.58. The highest BCUT2D eigenvalue weighted by Crippen LogP contribution is 2.39. The van der Waals surface area contributed by atoms with Crippen LogP contribution in [0.4, 0.5) is 11.5 Å². The maximum atomic E-state index is 12.1. The van der Waals surface area contributed by atoms with Crippen LogP contribution in [0.5, 0.6) is 5.75 Å². The molecule has 1 fully saturated rings. The van der Waals surface area contributed by atoms with Crippen molar-refractivity contribution in [1.82, 2.24) is 4.98 Å². The Bertz CT molecular complexity index is 835. The van der Waals surface area contributed by atoms with Crippen LogP contribution in [-0.2, 0) is 20.8 Å². The molecular formula is C21H24N2O5. The summed E-state index contributed by atoms with van der Waals surface area (Å²) in [6.07, 6.45) is 4.72. The van der Waals surface area contributed by atoms with Crippen LogP contribution in [-0.4, -0.2) is 44.1 Å². The second-order valence-corrected chi connectivity index (χ2v) is 6.74. The summed E-state index contributed by atoms with van der Waals surface area (Å²) in [6, 6.07) is 9.35. The highest BCUT2D eigenvalue weighted by molar-refractivity contribution is 5.95. The third-order valence-corrected chi connectivity index (χ3v) is 4.94. The van der Waals surface area contributed by atoms with Gasteiger partial charge in [0.1, 0.15) is 18.0 Å². The Morgan fingerprint density at radius 2 is 2.18 bits per heavy atom. The molecule has 2 aliphatic heterocycles. The lowest BCUT2D eigenvalue weighted by atomic mass is 10.1. The van der Waals surface area contributed by atoms with Gasteiger partial charge in [-0.1, -0.05) is 12.1 Å². The van der Waals surface area contributed by atoms with Gasteiger partial charge in [0.15, 0.2) is 12.0 Å². The molecule has 0 aliphatic carbocycles. The predicted molar refractivity (Wildman–Crippen MR) is 103 cm³/mol. The number of methoxy groups -OCH3 is 1. The molecule has 2 aliphatic rings. The van der Waals surface area contributed by atoms with Crippen LogP contribution >= 0.6 is 0 Å². The zero-order chi connectivity index (χ0) is 19.3. The van der Waals surface area contributed by atoms with Gasteiger partial charge in [0.05, 0.1) is 25.9 Å². The Morgan fingerprint density at radius 3 is 3.00 bits per heavy atom. The molecule has 2 aromatic rings. The fraction of sp³-hybridized carbons (Fsp3) is 0.429. The normalized spacial score (nSPS) is 18.9. The van der Waals surface area contributed by atoms with E-state index in [9.17, 15) is 4.79 Å². The lowest BCUT2D eigenvalue weighted by Crippen LogP contribution is -2.31. The fourth-order valence-corrected chi connectivity index (χ4v) is 3.55. The number of aromatic nitrogens is 1. The van der Waals surface area contributed by atoms with Gasteiger partial charge in [0.2, 0.25) is 0 Å². The van der Waals surface area contributed by atoms with Crippen LogP contribution < -0.4 is 9.64 Å². The van der Waals surface area contributed by atoms with E-state index in [0.717, 1.165) is 42.9 Å². The summed E-state index contributed by atoms with van der Waals surface area (Å²) in [5, 5.41) is 0. The van der Waals surface area contributed by atoms with E-state index in [1.54, 1.807) is 12.3 Å². The molecule has 7 nitrogen and oxygen atoms in total. The van der Waals surface area contributed by atoms with Crippen molar-refractivity contribution in [3.05, 3.63) is 47.7 Å². The number of para-hydroxylation sites is 1. The van der Waals surface area contributed by atoms with E-state index in [4.69, 9.17) is 18.9 Å². The van der Waals surface area contributed by atoms with E-state index >= 15 is 0 Å². The molecule has 1 saturated heterocycles. The fourth-order valence-electron chi connectivity index (χ4n) is 3.55. The van der Waals surface area contributed by atoms with Gasteiger partial charge in [-0.15, -0.1) is 0 Å². The number of pyridine rings is 1. The molecule has 1 unspecified atom stereocenters. The summed E-state index contributed by atoms with van der Waals surface area (Å²) in [4.78, 5) is 18.8. The number of rotatable bonds is 5. The topological polar surface area (TPSA) is 70.1 Å². The van der Waals surface area contributed by atoms with Crippen LogP contribution in [0.25, 0.3) is 0 Å². The van der Waals surface area contributed by atoms with Crippen molar-refractivity contribution in [2.45, 2.75) is 32.2 Å². The predicted octanol–water partition coefficient (Wildman–Crippen LogP) is 3.44. The highest BCUT2D eigenvalue weighted by atomic mass is 16.7. The van der Waals surface area contributed by atoms with Gasteiger partial charge in [-0.05, 0) is 37.5 Å². The third-order valence-electron chi connectivity index (χ3n) is 4.94. The Hall–Kier alpha value is -2.64. The van der Waals surface area contributed by atoms with Gasteiger partial charge in [0, 0.05) is 18.4 Å². The monoisotopic (exact) mass is 384 g/mol. The van der Waals surface area contributed by atoms with Gasteiger partial charge in [-0.3, -0.25) is 0 Å². The Balaban J connectivity index is 1.61. The Labute approximate surface area is 164 Å². The van der Waals surface area contributed by atoms with Crippen molar-refractivity contribution in [3.63, 3.8) is 0 Å².